The zero-order chi connectivity index (χ0) is 17.5. The Bertz CT molecular complexity index is 812. The van der Waals surface area contributed by atoms with Gasteiger partial charge < -0.3 is 10.6 Å². The van der Waals surface area contributed by atoms with Crippen LogP contribution in [0.5, 0.6) is 0 Å². The molecule has 3 rings (SSSR count). The lowest BCUT2D eigenvalue weighted by atomic mass is 10.1. The van der Waals surface area contributed by atoms with Gasteiger partial charge in [0.1, 0.15) is 0 Å². The largest absolute Gasteiger partial charge is 0.325 e. The van der Waals surface area contributed by atoms with E-state index in [4.69, 9.17) is 0 Å². The lowest BCUT2D eigenvalue weighted by molar-refractivity contribution is -0.117. The highest BCUT2D eigenvalue weighted by Crippen LogP contribution is 2.20. The number of hydrogen-bond donors (Lipinski definition) is 2. The summed E-state index contributed by atoms with van der Waals surface area (Å²) in [6.07, 6.45) is 3.54. The Morgan fingerprint density at radius 1 is 0.889 bits per heavy atom. The molecule has 0 bridgehead atoms. The second-order valence-corrected chi connectivity index (χ2v) is 5.89. The van der Waals surface area contributed by atoms with Gasteiger partial charge in [-0.3, -0.25) is 9.78 Å². The highest BCUT2D eigenvalue weighted by atomic mass is 35.5. The number of pyridine rings is 1. The summed E-state index contributed by atoms with van der Waals surface area (Å²) >= 11 is 0. The standard InChI is InChI=1S/C21H21N3O.2ClH/c1-16(23-15-17-5-3-2-4-6-17)21(25)24-20-9-7-18(8-10-20)19-11-13-22-14-12-19;;/h2-14,16,23H,15H2,1H3,(H,24,25);2*1H/t16-;;/m0../s1. The molecule has 2 aromatic carbocycles. The van der Waals surface area contributed by atoms with E-state index in [2.05, 4.69) is 15.6 Å². The number of nitrogens with one attached hydrogen (secondary N) is 2. The van der Waals surface area contributed by atoms with E-state index in [9.17, 15) is 4.79 Å². The van der Waals surface area contributed by atoms with Gasteiger partial charge in [-0.1, -0.05) is 42.5 Å². The van der Waals surface area contributed by atoms with Gasteiger partial charge in [-0.25, -0.2) is 0 Å². The molecule has 1 amide bonds. The van der Waals surface area contributed by atoms with E-state index >= 15 is 0 Å². The number of hydrogen-bond acceptors (Lipinski definition) is 3. The Kier molecular flexibility index (Phi) is 9.51. The van der Waals surface area contributed by atoms with Crippen molar-refractivity contribution in [1.29, 1.82) is 0 Å². The van der Waals surface area contributed by atoms with Gasteiger partial charge in [-0.05, 0) is 47.9 Å². The van der Waals surface area contributed by atoms with Crippen molar-refractivity contribution in [3.63, 3.8) is 0 Å². The predicted molar refractivity (Wildman–Crippen MR) is 116 cm³/mol. The van der Waals surface area contributed by atoms with Crippen molar-refractivity contribution in [1.82, 2.24) is 10.3 Å². The van der Waals surface area contributed by atoms with Crippen LogP contribution in [0.4, 0.5) is 5.69 Å². The Morgan fingerprint density at radius 2 is 1.48 bits per heavy atom. The van der Waals surface area contributed by atoms with Gasteiger partial charge in [0.15, 0.2) is 0 Å². The predicted octanol–water partition coefficient (Wildman–Crippen LogP) is 4.71. The van der Waals surface area contributed by atoms with Gasteiger partial charge in [0.2, 0.25) is 5.91 Å². The zero-order valence-electron chi connectivity index (χ0n) is 15.0. The topological polar surface area (TPSA) is 54.0 Å². The van der Waals surface area contributed by atoms with E-state index in [1.165, 1.54) is 0 Å². The van der Waals surface area contributed by atoms with Crippen LogP contribution in [0, 0.1) is 0 Å². The molecule has 0 saturated heterocycles. The summed E-state index contributed by atoms with van der Waals surface area (Å²) in [5.74, 6) is -0.0485. The SMILES string of the molecule is C[C@H](NCc1ccccc1)C(=O)Nc1ccc(-c2ccncc2)cc1.Cl.Cl. The Labute approximate surface area is 172 Å². The maximum absolute atomic E-state index is 12.3. The summed E-state index contributed by atoms with van der Waals surface area (Å²) in [7, 11) is 0. The molecule has 0 fully saturated rings. The van der Waals surface area contributed by atoms with Crippen molar-refractivity contribution in [3.8, 4) is 11.1 Å². The number of halogens is 2. The normalized spacial score (nSPS) is 10.9. The van der Waals surface area contributed by atoms with Gasteiger partial charge in [0.05, 0.1) is 6.04 Å². The van der Waals surface area contributed by atoms with Crippen molar-refractivity contribution >= 4 is 36.4 Å². The molecule has 6 heteroatoms. The quantitative estimate of drug-likeness (QED) is 0.626. The molecule has 4 nitrogen and oxygen atoms in total. The molecule has 1 heterocycles. The van der Waals surface area contributed by atoms with Crippen LogP contribution in [-0.4, -0.2) is 16.9 Å². The molecule has 0 spiro atoms. The molecule has 0 unspecified atom stereocenters. The fourth-order valence-electron chi connectivity index (χ4n) is 2.50. The van der Waals surface area contributed by atoms with Crippen LogP contribution in [0.3, 0.4) is 0 Å². The lowest BCUT2D eigenvalue weighted by Crippen LogP contribution is -2.37. The highest BCUT2D eigenvalue weighted by molar-refractivity contribution is 5.94. The first-order chi connectivity index (χ1) is 12.2. The minimum absolute atomic E-state index is 0. The van der Waals surface area contributed by atoms with Crippen LogP contribution >= 0.6 is 24.8 Å². The van der Waals surface area contributed by atoms with Crippen LogP contribution in [0.1, 0.15) is 12.5 Å². The fraction of sp³-hybridized carbons (Fsp3) is 0.143. The summed E-state index contributed by atoms with van der Waals surface area (Å²) in [6, 6.07) is 21.5. The molecule has 142 valence electrons. The number of aromatic nitrogens is 1. The zero-order valence-corrected chi connectivity index (χ0v) is 16.6. The first-order valence-corrected chi connectivity index (χ1v) is 8.31. The molecule has 0 aliphatic heterocycles. The Hall–Kier alpha value is -2.40. The Balaban J connectivity index is 0.00000182. The van der Waals surface area contributed by atoms with Crippen LogP contribution in [0.2, 0.25) is 0 Å². The second kappa shape index (κ2) is 11.3. The lowest BCUT2D eigenvalue weighted by Gasteiger charge is -2.14. The third-order valence-corrected chi connectivity index (χ3v) is 4.01. The second-order valence-electron chi connectivity index (χ2n) is 5.89. The average molecular weight is 404 g/mol. The van der Waals surface area contributed by atoms with Crippen molar-refractivity contribution < 1.29 is 4.79 Å². The molecule has 1 atom stereocenters. The van der Waals surface area contributed by atoms with Gasteiger partial charge in [-0.15, -0.1) is 24.8 Å². The van der Waals surface area contributed by atoms with Crippen molar-refractivity contribution in [2.45, 2.75) is 19.5 Å². The molecule has 0 aliphatic rings. The van der Waals surface area contributed by atoms with Crippen molar-refractivity contribution in [3.05, 3.63) is 84.7 Å². The van der Waals surface area contributed by atoms with Gasteiger partial charge in [0, 0.05) is 24.6 Å². The first-order valence-electron chi connectivity index (χ1n) is 8.31. The van der Waals surface area contributed by atoms with Gasteiger partial charge in [0.25, 0.3) is 0 Å². The minimum Gasteiger partial charge on any atom is -0.325 e. The first kappa shape index (κ1) is 22.6. The van der Waals surface area contributed by atoms with E-state index in [-0.39, 0.29) is 36.8 Å². The van der Waals surface area contributed by atoms with E-state index in [0.717, 1.165) is 22.4 Å². The maximum Gasteiger partial charge on any atom is 0.241 e. The molecule has 27 heavy (non-hydrogen) atoms. The number of benzene rings is 2. The molecule has 0 aliphatic carbocycles. The number of carbonyl (C=O) groups is 1. The molecule has 1 aromatic heterocycles. The van der Waals surface area contributed by atoms with Crippen LogP contribution in [-0.2, 0) is 11.3 Å². The minimum atomic E-state index is -0.278. The average Bonchev–Trinajstić information content (AvgIpc) is 2.68. The number of anilines is 1. The molecule has 0 radical (unpaired) electrons. The van der Waals surface area contributed by atoms with Crippen molar-refractivity contribution in [2.75, 3.05) is 5.32 Å². The summed E-state index contributed by atoms with van der Waals surface area (Å²) < 4.78 is 0. The highest BCUT2D eigenvalue weighted by Gasteiger charge is 2.12. The van der Waals surface area contributed by atoms with Gasteiger partial charge >= 0.3 is 0 Å². The fourth-order valence-corrected chi connectivity index (χ4v) is 2.50. The number of nitrogens with zero attached hydrogens (tertiary/aromatic N) is 1. The molecule has 2 N–H and O–H groups in total. The molecule has 0 saturated carbocycles. The third kappa shape index (κ3) is 6.68. The number of carbonyl (C=O) groups excluding carboxylic acids is 1. The van der Waals surface area contributed by atoms with Crippen LogP contribution in [0.15, 0.2) is 79.1 Å². The third-order valence-electron chi connectivity index (χ3n) is 4.01. The van der Waals surface area contributed by atoms with Crippen LogP contribution < -0.4 is 10.6 Å². The number of rotatable bonds is 6. The molecular formula is C21H23Cl2N3O. The maximum atomic E-state index is 12.3. The van der Waals surface area contributed by atoms with Crippen molar-refractivity contribution in [2.24, 2.45) is 0 Å². The summed E-state index contributed by atoms with van der Waals surface area (Å²) in [5, 5.41) is 6.18. The summed E-state index contributed by atoms with van der Waals surface area (Å²) in [5.41, 5.74) is 4.14. The van der Waals surface area contributed by atoms with E-state index in [1.807, 2.05) is 73.7 Å². The monoisotopic (exact) mass is 403 g/mol. The number of amides is 1. The summed E-state index contributed by atoms with van der Waals surface area (Å²) in [6.45, 7) is 2.53. The van der Waals surface area contributed by atoms with E-state index < -0.39 is 0 Å². The summed E-state index contributed by atoms with van der Waals surface area (Å²) in [4.78, 5) is 16.3. The molecular weight excluding hydrogens is 381 g/mol. The van der Waals surface area contributed by atoms with Crippen LogP contribution in [0.25, 0.3) is 11.1 Å². The van der Waals surface area contributed by atoms with E-state index in [1.54, 1.807) is 12.4 Å². The Morgan fingerprint density at radius 3 is 2.11 bits per heavy atom. The smallest absolute Gasteiger partial charge is 0.241 e. The molecule has 3 aromatic rings. The van der Waals surface area contributed by atoms with E-state index in [0.29, 0.717) is 6.54 Å². The van der Waals surface area contributed by atoms with Gasteiger partial charge in [-0.2, -0.15) is 0 Å².